The van der Waals surface area contributed by atoms with Gasteiger partial charge in [0.25, 0.3) is 0 Å². The van der Waals surface area contributed by atoms with Crippen LogP contribution in [0, 0.1) is 0 Å². The van der Waals surface area contributed by atoms with Crippen LogP contribution in [0.4, 0.5) is 0 Å². The Kier molecular flexibility index (Phi) is 17.0. The average molecular weight is 439 g/mol. The SMILES string of the molecule is CC(SSC1=NC=CCC1)c1ccc(C=O)cc1.CCCC=O.CON(C)C=O. The van der Waals surface area contributed by atoms with Gasteiger partial charge in [-0.1, -0.05) is 48.1 Å². The van der Waals surface area contributed by atoms with Crippen molar-refractivity contribution in [2.24, 2.45) is 4.99 Å². The highest BCUT2D eigenvalue weighted by Gasteiger charge is 2.10. The van der Waals surface area contributed by atoms with Gasteiger partial charge in [0.2, 0.25) is 6.41 Å². The first-order valence-corrected chi connectivity index (χ1v) is 11.5. The standard InChI is InChI=1S/C14H15NOS2.C4H8O.C3H7NO2/c1-11(13-7-5-12(10-16)6-8-13)17-18-14-4-2-3-9-15-14;1-2-3-4-5;1-4(3-5)6-2/h3,5-11H,2,4H2,1H3;4H,2-3H2,1H3;3H,1-2H3. The highest BCUT2D eigenvalue weighted by Crippen LogP contribution is 2.39. The number of hydroxylamine groups is 2. The van der Waals surface area contributed by atoms with E-state index in [0.717, 1.165) is 42.5 Å². The smallest absolute Gasteiger partial charge is 0.233 e. The summed E-state index contributed by atoms with van der Waals surface area (Å²) in [4.78, 5) is 38.2. The molecule has 6 nitrogen and oxygen atoms in total. The average Bonchev–Trinajstić information content (AvgIpc) is 2.79. The number of hydrogen-bond acceptors (Lipinski definition) is 7. The molecule has 1 aromatic rings. The molecule has 2 rings (SSSR count). The van der Waals surface area contributed by atoms with Gasteiger partial charge in [0.15, 0.2) is 0 Å². The molecule has 0 N–H and O–H groups in total. The van der Waals surface area contributed by atoms with E-state index in [1.807, 2.05) is 48.2 Å². The fourth-order valence-corrected chi connectivity index (χ4v) is 4.04. The van der Waals surface area contributed by atoms with Crippen LogP contribution in [0.3, 0.4) is 0 Å². The van der Waals surface area contributed by atoms with E-state index in [1.165, 1.54) is 24.8 Å². The van der Waals surface area contributed by atoms with Crippen LogP contribution in [0.5, 0.6) is 0 Å². The fraction of sp³-hybridized carbons (Fsp3) is 0.429. The number of carbonyl (C=O) groups excluding carboxylic acids is 3. The lowest BCUT2D eigenvalue weighted by Crippen LogP contribution is -2.12. The lowest BCUT2D eigenvalue weighted by molar-refractivity contribution is -0.153. The summed E-state index contributed by atoms with van der Waals surface area (Å²) in [5, 5.41) is 2.66. The molecule has 1 unspecified atom stereocenters. The van der Waals surface area contributed by atoms with Gasteiger partial charge in [0.05, 0.1) is 12.2 Å². The first-order valence-electron chi connectivity index (χ1n) is 9.28. The van der Waals surface area contributed by atoms with Crippen LogP contribution in [0.2, 0.25) is 0 Å². The quantitative estimate of drug-likeness (QED) is 0.313. The summed E-state index contributed by atoms with van der Waals surface area (Å²) in [5.74, 6) is 0. The third kappa shape index (κ3) is 13.8. The Bertz CT molecular complexity index is 649. The van der Waals surface area contributed by atoms with E-state index in [0.29, 0.717) is 18.1 Å². The predicted molar refractivity (Wildman–Crippen MR) is 123 cm³/mol. The first kappa shape index (κ1) is 27.1. The number of carbonyl (C=O) groups is 3. The number of rotatable bonds is 8. The van der Waals surface area contributed by atoms with Crippen LogP contribution in [0.15, 0.2) is 41.5 Å². The Morgan fingerprint density at radius 2 is 1.93 bits per heavy atom. The van der Waals surface area contributed by atoms with Gasteiger partial charge in [-0.2, -0.15) is 0 Å². The molecule has 1 heterocycles. The Morgan fingerprint density at radius 1 is 1.24 bits per heavy atom. The molecule has 0 aliphatic carbocycles. The van der Waals surface area contributed by atoms with Crippen molar-refractivity contribution in [3.05, 3.63) is 47.7 Å². The topological polar surface area (TPSA) is 76.0 Å². The maximum Gasteiger partial charge on any atom is 0.233 e. The number of aliphatic imine (C=N–C) groups is 1. The number of aldehydes is 2. The van der Waals surface area contributed by atoms with E-state index < -0.39 is 0 Å². The lowest BCUT2D eigenvalue weighted by Gasteiger charge is -2.12. The molecule has 1 aliphatic rings. The molecule has 0 spiro atoms. The summed E-state index contributed by atoms with van der Waals surface area (Å²) in [6.07, 6.45) is 10.2. The van der Waals surface area contributed by atoms with Crippen LogP contribution in [0.25, 0.3) is 0 Å². The molecular formula is C21H30N2O4S2. The molecule has 1 aliphatic heterocycles. The van der Waals surface area contributed by atoms with Gasteiger partial charge in [-0.3, -0.25) is 19.4 Å². The second-order valence-corrected chi connectivity index (χ2v) is 8.46. The Balaban J connectivity index is 0.000000591. The zero-order valence-corrected chi connectivity index (χ0v) is 19.1. The number of hydrogen-bond donors (Lipinski definition) is 0. The summed E-state index contributed by atoms with van der Waals surface area (Å²) in [5.41, 5.74) is 1.97. The molecule has 0 saturated carbocycles. The fourth-order valence-electron chi connectivity index (χ4n) is 1.73. The number of amides is 1. The van der Waals surface area contributed by atoms with Gasteiger partial charge in [-0.05, 0) is 36.1 Å². The molecule has 29 heavy (non-hydrogen) atoms. The summed E-state index contributed by atoms with van der Waals surface area (Å²) >= 11 is 0. The molecule has 1 atom stereocenters. The molecule has 0 saturated heterocycles. The minimum absolute atomic E-state index is 0.393. The molecule has 1 aromatic carbocycles. The van der Waals surface area contributed by atoms with E-state index in [4.69, 9.17) is 0 Å². The molecule has 0 aromatic heterocycles. The minimum Gasteiger partial charge on any atom is -0.303 e. The van der Waals surface area contributed by atoms with E-state index in [9.17, 15) is 14.4 Å². The highest BCUT2D eigenvalue weighted by atomic mass is 33.1. The lowest BCUT2D eigenvalue weighted by atomic mass is 10.1. The monoisotopic (exact) mass is 438 g/mol. The van der Waals surface area contributed by atoms with Crippen molar-refractivity contribution in [3.63, 3.8) is 0 Å². The predicted octanol–water partition coefficient (Wildman–Crippen LogP) is 5.27. The molecule has 8 heteroatoms. The summed E-state index contributed by atoms with van der Waals surface area (Å²) in [6.45, 7) is 4.15. The van der Waals surface area contributed by atoms with Gasteiger partial charge in [0, 0.05) is 36.9 Å². The molecule has 0 bridgehead atoms. The van der Waals surface area contributed by atoms with Crippen LogP contribution in [0.1, 0.15) is 60.7 Å². The number of unbranched alkanes of at least 4 members (excludes halogenated alkanes) is 1. The molecule has 160 valence electrons. The van der Waals surface area contributed by atoms with Gasteiger partial charge in [0.1, 0.15) is 12.6 Å². The van der Waals surface area contributed by atoms with E-state index in [-0.39, 0.29) is 0 Å². The molecule has 0 fully saturated rings. The van der Waals surface area contributed by atoms with Crippen molar-refractivity contribution in [3.8, 4) is 0 Å². The normalized spacial score (nSPS) is 12.9. The summed E-state index contributed by atoms with van der Waals surface area (Å²) in [7, 11) is 6.52. The zero-order chi connectivity index (χ0) is 21.9. The van der Waals surface area contributed by atoms with Gasteiger partial charge >= 0.3 is 0 Å². The first-order chi connectivity index (χ1) is 14.0. The summed E-state index contributed by atoms with van der Waals surface area (Å²) in [6, 6.07) is 7.77. The van der Waals surface area contributed by atoms with Crippen molar-refractivity contribution in [1.29, 1.82) is 0 Å². The third-order valence-electron chi connectivity index (χ3n) is 3.52. The largest absolute Gasteiger partial charge is 0.303 e. The van der Waals surface area contributed by atoms with Crippen LogP contribution >= 0.6 is 21.6 Å². The van der Waals surface area contributed by atoms with Crippen molar-refractivity contribution in [1.82, 2.24) is 5.06 Å². The van der Waals surface area contributed by atoms with E-state index in [1.54, 1.807) is 10.8 Å². The summed E-state index contributed by atoms with van der Waals surface area (Å²) < 4.78 is 0. The van der Waals surface area contributed by atoms with Crippen molar-refractivity contribution >= 4 is 45.6 Å². The van der Waals surface area contributed by atoms with Crippen LogP contribution < -0.4 is 0 Å². The van der Waals surface area contributed by atoms with Crippen molar-refractivity contribution < 1.29 is 19.2 Å². The van der Waals surface area contributed by atoms with Gasteiger partial charge in [-0.15, -0.1) is 0 Å². The second-order valence-electron chi connectivity index (χ2n) is 5.84. The number of nitrogens with zero attached hydrogens (tertiary/aromatic N) is 2. The zero-order valence-electron chi connectivity index (χ0n) is 17.4. The van der Waals surface area contributed by atoms with Crippen molar-refractivity contribution in [2.45, 2.75) is 44.8 Å². The van der Waals surface area contributed by atoms with E-state index >= 15 is 0 Å². The van der Waals surface area contributed by atoms with Gasteiger partial charge < -0.3 is 4.79 Å². The maximum absolute atomic E-state index is 10.6. The van der Waals surface area contributed by atoms with Crippen LogP contribution in [-0.4, -0.2) is 43.2 Å². The number of benzene rings is 1. The Hall–Kier alpha value is -1.90. The Labute approximate surface area is 181 Å². The van der Waals surface area contributed by atoms with E-state index in [2.05, 4.69) is 22.8 Å². The van der Waals surface area contributed by atoms with Crippen molar-refractivity contribution in [2.75, 3.05) is 14.2 Å². The Morgan fingerprint density at radius 3 is 2.31 bits per heavy atom. The highest BCUT2D eigenvalue weighted by molar-refractivity contribution is 8.82. The molecular weight excluding hydrogens is 408 g/mol. The molecule has 1 amide bonds. The van der Waals surface area contributed by atoms with Crippen LogP contribution in [-0.2, 0) is 14.4 Å². The third-order valence-corrected chi connectivity index (χ3v) is 6.41. The van der Waals surface area contributed by atoms with Gasteiger partial charge in [-0.25, -0.2) is 5.06 Å². The minimum atomic E-state index is 0.393. The number of allylic oxidation sites excluding steroid dienone is 1. The second kappa shape index (κ2) is 18.1. The maximum atomic E-state index is 10.6. The molecule has 0 radical (unpaired) electrons.